The van der Waals surface area contributed by atoms with Crippen LogP contribution in [0.2, 0.25) is 0 Å². The Kier molecular flexibility index (Phi) is 6.12. The first-order chi connectivity index (χ1) is 15.2. The molecular formula is C18H26N5O8P. The van der Waals surface area contributed by atoms with Gasteiger partial charge in [0.25, 0.3) is 0 Å². The first-order valence-electron chi connectivity index (χ1n) is 10.2. The maximum atomic E-state index is 13.2. The molecule has 0 saturated carbocycles. The highest BCUT2D eigenvalue weighted by atomic mass is 31.2. The summed E-state index contributed by atoms with van der Waals surface area (Å²) in [4.78, 5) is 24.5. The number of fused-ring (bicyclic) bond motifs is 2. The van der Waals surface area contributed by atoms with Crippen LogP contribution in [0.5, 0.6) is 5.88 Å². The van der Waals surface area contributed by atoms with E-state index in [0.717, 1.165) is 0 Å². The molecule has 0 radical (unpaired) electrons. The lowest BCUT2D eigenvalue weighted by molar-refractivity contribution is -0.155. The largest absolute Gasteiger partial charge is 0.479 e. The summed E-state index contributed by atoms with van der Waals surface area (Å²) in [6.07, 6.45) is 0.129. The number of imidazole rings is 1. The third-order valence-electron chi connectivity index (χ3n) is 5.52. The van der Waals surface area contributed by atoms with E-state index in [4.69, 9.17) is 33.5 Å². The number of ether oxygens (including phenoxy) is 3. The van der Waals surface area contributed by atoms with Gasteiger partial charge in [0, 0.05) is 6.42 Å². The van der Waals surface area contributed by atoms with E-state index in [0.29, 0.717) is 24.0 Å². The minimum atomic E-state index is -4.04. The molecule has 32 heavy (non-hydrogen) atoms. The van der Waals surface area contributed by atoms with Crippen LogP contribution in [0.25, 0.3) is 11.2 Å². The van der Waals surface area contributed by atoms with Gasteiger partial charge in [0.1, 0.15) is 17.9 Å². The molecule has 5 unspecified atom stereocenters. The number of phosphoric ester groups is 1. The van der Waals surface area contributed by atoms with Gasteiger partial charge in [0.15, 0.2) is 17.3 Å². The molecule has 14 heteroatoms. The Hall–Kier alpha value is -2.31. The molecule has 176 valence electrons. The van der Waals surface area contributed by atoms with Crippen molar-refractivity contribution in [2.24, 2.45) is 0 Å². The van der Waals surface area contributed by atoms with Crippen molar-refractivity contribution in [1.82, 2.24) is 19.5 Å². The smallest absolute Gasteiger partial charge is 0.476 e. The van der Waals surface area contributed by atoms with Crippen molar-refractivity contribution in [3.05, 3.63) is 6.33 Å². The predicted molar refractivity (Wildman–Crippen MR) is 110 cm³/mol. The number of phosphoric acid groups is 1. The highest BCUT2D eigenvalue weighted by molar-refractivity contribution is 7.48. The number of nitrogen functional groups attached to an aromatic ring is 1. The fraction of sp³-hybridized carbons (Fsp3) is 0.667. The second kappa shape index (κ2) is 8.56. The van der Waals surface area contributed by atoms with E-state index in [1.165, 1.54) is 14.0 Å². The normalized spacial score (nSPS) is 30.8. The summed E-state index contributed by atoms with van der Waals surface area (Å²) >= 11 is 0. The number of esters is 1. The Labute approximate surface area is 184 Å². The van der Waals surface area contributed by atoms with Gasteiger partial charge in [-0.3, -0.25) is 18.1 Å². The van der Waals surface area contributed by atoms with Gasteiger partial charge in [-0.1, -0.05) is 6.92 Å². The van der Waals surface area contributed by atoms with Gasteiger partial charge in [-0.25, -0.2) is 14.3 Å². The Morgan fingerprint density at radius 3 is 2.91 bits per heavy atom. The number of hydrogen-bond acceptors (Lipinski definition) is 12. The Bertz CT molecular complexity index is 1060. The molecule has 2 fully saturated rings. The predicted octanol–water partition coefficient (Wildman–Crippen LogP) is 1.98. The standard InChI is InChI=1S/C18H26N5O8P/c1-5-18-7-12(23-9-20-13-14(23)21-17(19)22-15(13)26-4)29-11(18)8-28-32(25,31-18)30-10(3)16(24)27-6-2/h9-12H,5-8H2,1-4H3,(H2,19,21,22). The zero-order valence-electron chi connectivity index (χ0n) is 18.2. The molecule has 2 aliphatic heterocycles. The summed E-state index contributed by atoms with van der Waals surface area (Å²) in [5.74, 6) is -0.376. The van der Waals surface area contributed by atoms with E-state index in [2.05, 4.69) is 15.0 Å². The molecule has 2 aromatic heterocycles. The number of methoxy groups -OCH3 is 1. The molecule has 2 saturated heterocycles. The van der Waals surface area contributed by atoms with Crippen LogP contribution in [0.4, 0.5) is 5.95 Å². The van der Waals surface area contributed by atoms with Crippen LogP contribution < -0.4 is 10.5 Å². The lowest BCUT2D eigenvalue weighted by Crippen LogP contribution is -2.46. The third-order valence-corrected chi connectivity index (χ3v) is 7.15. The second-order valence-electron chi connectivity index (χ2n) is 7.45. The molecule has 2 aliphatic rings. The van der Waals surface area contributed by atoms with Crippen molar-refractivity contribution in [3.63, 3.8) is 0 Å². The van der Waals surface area contributed by atoms with E-state index < -0.39 is 37.8 Å². The molecule has 0 aliphatic carbocycles. The highest BCUT2D eigenvalue weighted by Crippen LogP contribution is 2.62. The van der Waals surface area contributed by atoms with Crippen LogP contribution in [0.15, 0.2) is 6.33 Å². The lowest BCUT2D eigenvalue weighted by atomic mass is 9.92. The van der Waals surface area contributed by atoms with Crippen LogP contribution in [0.3, 0.4) is 0 Å². The maximum Gasteiger partial charge on any atom is 0.476 e. The number of hydrogen-bond donors (Lipinski definition) is 1. The number of rotatable bonds is 7. The average molecular weight is 471 g/mol. The summed E-state index contributed by atoms with van der Waals surface area (Å²) in [5.41, 5.74) is 5.70. The molecule has 13 nitrogen and oxygen atoms in total. The van der Waals surface area contributed by atoms with Crippen molar-refractivity contribution in [2.45, 2.75) is 57.6 Å². The van der Waals surface area contributed by atoms with Gasteiger partial charge >= 0.3 is 13.8 Å². The molecule has 2 N–H and O–H groups in total. The Balaban J connectivity index is 1.59. The monoisotopic (exact) mass is 471 g/mol. The van der Waals surface area contributed by atoms with Gasteiger partial charge in [0.2, 0.25) is 11.8 Å². The zero-order chi connectivity index (χ0) is 23.1. The van der Waals surface area contributed by atoms with Gasteiger partial charge in [-0.05, 0) is 20.3 Å². The number of carbonyl (C=O) groups is 1. The van der Waals surface area contributed by atoms with Gasteiger partial charge < -0.3 is 19.9 Å². The second-order valence-corrected chi connectivity index (χ2v) is 9.00. The van der Waals surface area contributed by atoms with E-state index in [9.17, 15) is 9.36 Å². The molecule has 0 spiro atoms. The van der Waals surface area contributed by atoms with E-state index in [-0.39, 0.29) is 25.0 Å². The minimum absolute atomic E-state index is 0.0298. The third kappa shape index (κ3) is 3.95. The van der Waals surface area contributed by atoms with Gasteiger partial charge in [-0.15, -0.1) is 0 Å². The Morgan fingerprint density at radius 1 is 1.44 bits per heavy atom. The van der Waals surface area contributed by atoms with Crippen molar-refractivity contribution in [1.29, 1.82) is 0 Å². The van der Waals surface area contributed by atoms with Crippen LogP contribution in [0.1, 0.15) is 39.8 Å². The summed E-state index contributed by atoms with van der Waals surface area (Å²) in [5, 5.41) is 0. The fourth-order valence-electron chi connectivity index (χ4n) is 3.89. The van der Waals surface area contributed by atoms with Gasteiger partial charge in [-0.2, -0.15) is 9.97 Å². The van der Waals surface area contributed by atoms with Crippen molar-refractivity contribution >= 4 is 30.9 Å². The van der Waals surface area contributed by atoms with Crippen molar-refractivity contribution in [2.75, 3.05) is 26.1 Å². The molecule has 0 bridgehead atoms. The molecule has 4 heterocycles. The maximum absolute atomic E-state index is 13.2. The topological polar surface area (TPSA) is 159 Å². The number of nitrogens with two attached hydrogens (primary N) is 1. The number of carbonyl (C=O) groups excluding carboxylic acids is 1. The summed E-state index contributed by atoms with van der Waals surface area (Å²) in [6, 6.07) is 0. The molecular weight excluding hydrogens is 445 g/mol. The summed E-state index contributed by atoms with van der Waals surface area (Å²) in [7, 11) is -2.58. The first-order valence-corrected chi connectivity index (χ1v) is 11.7. The molecule has 2 aromatic rings. The highest BCUT2D eigenvalue weighted by Gasteiger charge is 2.58. The van der Waals surface area contributed by atoms with E-state index in [1.54, 1.807) is 17.8 Å². The number of anilines is 1. The van der Waals surface area contributed by atoms with E-state index in [1.807, 2.05) is 6.92 Å². The number of aromatic nitrogens is 4. The fourth-order valence-corrected chi connectivity index (χ4v) is 5.61. The number of nitrogens with zero attached hydrogens (tertiary/aromatic N) is 4. The molecule has 4 rings (SSSR count). The first kappa shape index (κ1) is 22.9. The lowest BCUT2D eigenvalue weighted by Gasteiger charge is -2.39. The molecule has 5 atom stereocenters. The summed E-state index contributed by atoms with van der Waals surface area (Å²) in [6.45, 7) is 5.12. The zero-order valence-corrected chi connectivity index (χ0v) is 19.1. The van der Waals surface area contributed by atoms with Crippen LogP contribution in [0, 0.1) is 0 Å². The van der Waals surface area contributed by atoms with Crippen molar-refractivity contribution in [3.8, 4) is 5.88 Å². The van der Waals surface area contributed by atoms with Crippen LogP contribution >= 0.6 is 7.82 Å². The average Bonchev–Trinajstić information content (AvgIpc) is 3.34. The van der Waals surface area contributed by atoms with Crippen LogP contribution in [-0.2, 0) is 32.4 Å². The van der Waals surface area contributed by atoms with Crippen molar-refractivity contribution < 1.29 is 37.1 Å². The Morgan fingerprint density at radius 2 is 2.22 bits per heavy atom. The summed E-state index contributed by atoms with van der Waals surface area (Å²) < 4.78 is 47.9. The van der Waals surface area contributed by atoms with E-state index >= 15 is 0 Å². The minimum Gasteiger partial charge on any atom is -0.479 e. The molecule has 0 aromatic carbocycles. The van der Waals surface area contributed by atoms with Gasteiger partial charge in [0.05, 0.1) is 26.7 Å². The van der Waals surface area contributed by atoms with Crippen LogP contribution in [-0.4, -0.2) is 63.6 Å². The SMILES string of the molecule is CCOC(=O)C(C)OP1(=O)OCC2OC(n3cnc4c(OC)nc(N)nc43)CC2(CC)O1. The molecule has 0 amide bonds. The quantitative estimate of drug-likeness (QED) is 0.463.